The molecule has 15 heavy (non-hydrogen) atoms. The molecule has 0 aromatic carbocycles. The van der Waals surface area contributed by atoms with Gasteiger partial charge >= 0.3 is 0 Å². The summed E-state index contributed by atoms with van der Waals surface area (Å²) in [5.74, 6) is 0. The van der Waals surface area contributed by atoms with Crippen molar-refractivity contribution in [1.82, 2.24) is 4.98 Å². The number of pyridine rings is 1. The third-order valence-corrected chi connectivity index (χ3v) is 3.88. The molecule has 0 aliphatic carbocycles. The second kappa shape index (κ2) is 4.77. The summed E-state index contributed by atoms with van der Waals surface area (Å²) in [4.78, 5) is 14.7. The number of nitrogens with zero attached hydrogens (tertiary/aromatic N) is 1. The molecule has 1 fully saturated rings. The first-order valence-electron chi connectivity index (χ1n) is 4.99. The van der Waals surface area contributed by atoms with E-state index in [4.69, 9.17) is 4.74 Å². The average Bonchev–Trinajstić information content (AvgIpc) is 2.66. The number of carbonyl (C=O) groups excluding carboxylic acids is 1. The Bertz CT molecular complexity index is 339. The van der Waals surface area contributed by atoms with Gasteiger partial charge in [0.1, 0.15) is 0 Å². The Balaban J connectivity index is 2.01. The number of carbonyl (C=O) groups is 1. The maximum absolute atomic E-state index is 10.4. The molecule has 3 nitrogen and oxygen atoms in total. The number of aldehydes is 1. The predicted molar refractivity (Wildman–Crippen MR) is 59.3 cm³/mol. The monoisotopic (exact) mass is 223 g/mol. The van der Waals surface area contributed by atoms with Crippen LogP contribution in [0.1, 0.15) is 23.7 Å². The molecule has 2 heterocycles. The van der Waals surface area contributed by atoms with Crippen LogP contribution in [-0.4, -0.2) is 29.2 Å². The first-order valence-corrected chi connectivity index (χ1v) is 5.87. The molecular weight excluding hydrogens is 210 g/mol. The molecule has 2 atom stereocenters. The van der Waals surface area contributed by atoms with Crippen molar-refractivity contribution < 1.29 is 9.53 Å². The van der Waals surface area contributed by atoms with Gasteiger partial charge < -0.3 is 4.74 Å². The van der Waals surface area contributed by atoms with Gasteiger partial charge in [0.15, 0.2) is 6.29 Å². The van der Waals surface area contributed by atoms with Crippen molar-refractivity contribution in [3.8, 4) is 0 Å². The Morgan fingerprint density at radius 2 is 2.47 bits per heavy atom. The molecule has 1 aromatic rings. The fourth-order valence-electron chi connectivity index (χ4n) is 1.55. The van der Waals surface area contributed by atoms with Crippen LogP contribution in [0, 0.1) is 0 Å². The number of rotatable bonds is 3. The molecule has 0 bridgehead atoms. The molecule has 2 unspecified atom stereocenters. The normalized spacial score (nSPS) is 25.4. The lowest BCUT2D eigenvalue weighted by molar-refractivity contribution is 0.112. The Morgan fingerprint density at radius 3 is 3.00 bits per heavy atom. The van der Waals surface area contributed by atoms with Crippen molar-refractivity contribution >= 4 is 18.0 Å². The molecule has 2 rings (SSSR count). The molecule has 0 spiro atoms. The zero-order valence-corrected chi connectivity index (χ0v) is 9.37. The predicted octanol–water partition coefficient (Wildman–Crippen LogP) is 2.16. The van der Waals surface area contributed by atoms with Crippen LogP contribution in [0.25, 0.3) is 0 Å². The summed E-state index contributed by atoms with van der Waals surface area (Å²) >= 11 is 1.73. The highest BCUT2D eigenvalue weighted by Crippen LogP contribution is 2.31. The van der Waals surface area contributed by atoms with Gasteiger partial charge in [0, 0.05) is 23.6 Å². The molecule has 0 amide bonds. The minimum Gasteiger partial charge on any atom is -0.377 e. The van der Waals surface area contributed by atoms with E-state index in [0.717, 1.165) is 24.3 Å². The quantitative estimate of drug-likeness (QED) is 0.736. The van der Waals surface area contributed by atoms with Crippen LogP contribution in [0.5, 0.6) is 0 Å². The zero-order valence-electron chi connectivity index (χ0n) is 8.55. The molecule has 0 radical (unpaired) electrons. The molecule has 1 aliphatic heterocycles. The van der Waals surface area contributed by atoms with Gasteiger partial charge in [0.2, 0.25) is 0 Å². The molecule has 0 N–H and O–H groups in total. The van der Waals surface area contributed by atoms with E-state index in [1.807, 2.05) is 6.07 Å². The van der Waals surface area contributed by atoms with Gasteiger partial charge in [0.05, 0.1) is 11.1 Å². The van der Waals surface area contributed by atoms with Crippen LogP contribution in [0.2, 0.25) is 0 Å². The maximum atomic E-state index is 10.4. The summed E-state index contributed by atoms with van der Waals surface area (Å²) < 4.78 is 5.48. The van der Waals surface area contributed by atoms with E-state index < -0.39 is 0 Å². The number of ether oxygens (including phenoxy) is 1. The largest absolute Gasteiger partial charge is 0.377 e. The van der Waals surface area contributed by atoms with Gasteiger partial charge in [-0.2, -0.15) is 0 Å². The van der Waals surface area contributed by atoms with E-state index in [1.54, 1.807) is 24.0 Å². The van der Waals surface area contributed by atoms with Crippen LogP contribution in [0.15, 0.2) is 23.4 Å². The molecular formula is C11H13NO2S. The van der Waals surface area contributed by atoms with Crippen molar-refractivity contribution in [3.63, 3.8) is 0 Å². The van der Waals surface area contributed by atoms with Crippen LogP contribution in [-0.2, 0) is 4.74 Å². The lowest BCUT2D eigenvalue weighted by atomic mass is 10.3. The molecule has 0 saturated carbocycles. The summed E-state index contributed by atoms with van der Waals surface area (Å²) in [6.07, 6.45) is 3.78. The summed E-state index contributed by atoms with van der Waals surface area (Å²) in [7, 11) is 0. The van der Waals surface area contributed by atoms with E-state index in [9.17, 15) is 4.79 Å². The van der Waals surface area contributed by atoms with Crippen LogP contribution in [0.3, 0.4) is 0 Å². The summed E-state index contributed by atoms with van der Waals surface area (Å²) in [5.41, 5.74) is 0.620. The Morgan fingerprint density at radius 1 is 1.60 bits per heavy atom. The van der Waals surface area contributed by atoms with Crippen molar-refractivity contribution in [1.29, 1.82) is 0 Å². The molecule has 80 valence electrons. The van der Waals surface area contributed by atoms with Gasteiger partial charge in [-0.05, 0) is 25.5 Å². The topological polar surface area (TPSA) is 39.2 Å². The summed E-state index contributed by atoms with van der Waals surface area (Å²) in [5, 5.41) is 1.45. The Hall–Kier alpha value is -0.870. The third-order valence-electron chi connectivity index (χ3n) is 2.47. The average molecular weight is 223 g/mol. The van der Waals surface area contributed by atoms with Gasteiger partial charge in [-0.15, -0.1) is 11.8 Å². The number of hydrogen-bond acceptors (Lipinski definition) is 4. The van der Waals surface area contributed by atoms with Gasteiger partial charge in [-0.1, -0.05) is 0 Å². The van der Waals surface area contributed by atoms with Crippen LogP contribution >= 0.6 is 11.8 Å². The van der Waals surface area contributed by atoms with Crippen LogP contribution in [0.4, 0.5) is 0 Å². The van der Waals surface area contributed by atoms with E-state index in [0.29, 0.717) is 16.9 Å². The fraction of sp³-hybridized carbons (Fsp3) is 0.455. The molecule has 4 heteroatoms. The Labute approximate surface area is 93.2 Å². The second-order valence-electron chi connectivity index (χ2n) is 3.57. The standard InChI is InChI=1S/C11H13NO2S/c1-8-10(4-5-14-8)15-11-3-2-9(7-13)6-12-11/h2-3,6-8,10H,4-5H2,1H3. The maximum Gasteiger partial charge on any atom is 0.151 e. The second-order valence-corrected chi connectivity index (χ2v) is 4.83. The van der Waals surface area contributed by atoms with Gasteiger partial charge in [-0.3, -0.25) is 4.79 Å². The fourth-order valence-corrected chi connectivity index (χ4v) is 2.61. The SMILES string of the molecule is CC1OCCC1Sc1ccc(C=O)cn1. The molecule has 1 aromatic heterocycles. The smallest absolute Gasteiger partial charge is 0.151 e. The minimum absolute atomic E-state index is 0.294. The van der Waals surface area contributed by atoms with E-state index in [2.05, 4.69) is 11.9 Å². The minimum atomic E-state index is 0.294. The highest BCUT2D eigenvalue weighted by atomic mass is 32.2. The molecule has 1 aliphatic rings. The van der Waals surface area contributed by atoms with Crippen LogP contribution < -0.4 is 0 Å². The number of thioether (sulfide) groups is 1. The highest BCUT2D eigenvalue weighted by Gasteiger charge is 2.25. The Kier molecular flexibility index (Phi) is 3.38. The van der Waals surface area contributed by atoms with Gasteiger partial charge in [-0.25, -0.2) is 4.98 Å². The lowest BCUT2D eigenvalue weighted by Crippen LogP contribution is -2.13. The third kappa shape index (κ3) is 2.58. The lowest BCUT2D eigenvalue weighted by Gasteiger charge is -2.12. The highest BCUT2D eigenvalue weighted by molar-refractivity contribution is 7.99. The van der Waals surface area contributed by atoms with Crippen molar-refractivity contribution in [2.24, 2.45) is 0 Å². The van der Waals surface area contributed by atoms with E-state index in [1.165, 1.54) is 0 Å². The number of hydrogen-bond donors (Lipinski definition) is 0. The van der Waals surface area contributed by atoms with Gasteiger partial charge in [0.25, 0.3) is 0 Å². The van der Waals surface area contributed by atoms with Crippen molar-refractivity contribution in [2.45, 2.75) is 29.7 Å². The van der Waals surface area contributed by atoms with Crippen molar-refractivity contribution in [2.75, 3.05) is 6.61 Å². The number of aromatic nitrogens is 1. The summed E-state index contributed by atoms with van der Waals surface area (Å²) in [6, 6.07) is 3.68. The summed E-state index contributed by atoms with van der Waals surface area (Å²) in [6.45, 7) is 2.93. The first-order chi connectivity index (χ1) is 7.29. The van der Waals surface area contributed by atoms with E-state index in [-0.39, 0.29) is 0 Å². The first kappa shape index (κ1) is 10.6. The van der Waals surface area contributed by atoms with Crippen molar-refractivity contribution in [3.05, 3.63) is 23.9 Å². The molecule has 1 saturated heterocycles. The zero-order chi connectivity index (χ0) is 10.7. The van der Waals surface area contributed by atoms with E-state index >= 15 is 0 Å².